The van der Waals surface area contributed by atoms with Gasteiger partial charge in [-0.2, -0.15) is 0 Å². The van der Waals surface area contributed by atoms with Crippen LogP contribution < -0.4 is 14.8 Å². The fourth-order valence-corrected chi connectivity index (χ4v) is 3.67. The van der Waals surface area contributed by atoms with Gasteiger partial charge in [-0.25, -0.2) is 0 Å². The molecule has 20 heavy (non-hydrogen) atoms. The highest BCUT2D eigenvalue weighted by Gasteiger charge is 2.17. The number of aryl methyl sites for hydroxylation is 1. The molecule has 0 fully saturated rings. The first kappa shape index (κ1) is 13.8. The predicted octanol–water partition coefficient (Wildman–Crippen LogP) is 4.76. The number of fused-ring (bicyclic) bond motifs is 1. The van der Waals surface area contributed by atoms with Crippen LogP contribution in [0.3, 0.4) is 0 Å². The Morgan fingerprint density at radius 3 is 2.60 bits per heavy atom. The van der Waals surface area contributed by atoms with Gasteiger partial charge in [-0.15, -0.1) is 11.3 Å². The number of thiophene rings is 1. The van der Waals surface area contributed by atoms with E-state index < -0.39 is 0 Å². The van der Waals surface area contributed by atoms with Gasteiger partial charge in [-0.05, 0) is 46.8 Å². The van der Waals surface area contributed by atoms with Crippen LogP contribution in [0.1, 0.15) is 23.4 Å². The molecule has 1 aliphatic heterocycles. The molecule has 106 valence electrons. The molecule has 3 nitrogen and oxygen atoms in total. The largest absolute Gasteiger partial charge is 0.486 e. The van der Waals surface area contributed by atoms with Crippen molar-refractivity contribution in [2.75, 3.05) is 18.5 Å². The van der Waals surface area contributed by atoms with Crippen molar-refractivity contribution in [2.45, 2.75) is 19.9 Å². The minimum absolute atomic E-state index is 0.258. The van der Waals surface area contributed by atoms with Gasteiger partial charge in [0.2, 0.25) is 0 Å². The molecule has 0 amide bonds. The molecule has 2 heterocycles. The van der Waals surface area contributed by atoms with Gasteiger partial charge in [-0.1, -0.05) is 0 Å². The van der Waals surface area contributed by atoms with Gasteiger partial charge < -0.3 is 14.8 Å². The second-order valence-corrected chi connectivity index (χ2v) is 6.61. The van der Waals surface area contributed by atoms with Gasteiger partial charge in [0.25, 0.3) is 0 Å². The molecule has 1 aromatic heterocycles. The van der Waals surface area contributed by atoms with Gasteiger partial charge in [0.15, 0.2) is 11.5 Å². The standard InChI is InChI=1S/C15H16BrNO2S/c1-9-3-6-20-15(9)10(2)17-12-8-14-13(7-11(12)16)18-4-5-19-14/h3,6-8,10,17H,4-5H2,1-2H3. The lowest BCUT2D eigenvalue weighted by atomic mass is 10.1. The molecule has 0 spiro atoms. The van der Waals surface area contributed by atoms with Crippen LogP contribution in [0.2, 0.25) is 0 Å². The minimum atomic E-state index is 0.258. The molecule has 5 heteroatoms. The van der Waals surface area contributed by atoms with Crippen molar-refractivity contribution >= 4 is 33.0 Å². The number of benzene rings is 1. The molecule has 0 aliphatic carbocycles. The van der Waals surface area contributed by atoms with Gasteiger partial charge in [-0.3, -0.25) is 0 Å². The van der Waals surface area contributed by atoms with Gasteiger partial charge >= 0.3 is 0 Å². The summed E-state index contributed by atoms with van der Waals surface area (Å²) in [7, 11) is 0. The summed E-state index contributed by atoms with van der Waals surface area (Å²) in [6, 6.07) is 6.37. The summed E-state index contributed by atoms with van der Waals surface area (Å²) in [6.07, 6.45) is 0. The third kappa shape index (κ3) is 2.65. The Kier molecular flexibility index (Phi) is 3.89. The third-order valence-electron chi connectivity index (χ3n) is 3.30. The molecule has 0 saturated carbocycles. The first-order valence-electron chi connectivity index (χ1n) is 6.55. The summed E-state index contributed by atoms with van der Waals surface area (Å²) in [5.74, 6) is 1.60. The Morgan fingerprint density at radius 2 is 1.95 bits per heavy atom. The van der Waals surface area contributed by atoms with E-state index in [0.29, 0.717) is 13.2 Å². The number of nitrogens with one attached hydrogen (secondary N) is 1. The van der Waals surface area contributed by atoms with Crippen LogP contribution in [0.25, 0.3) is 0 Å². The van der Waals surface area contributed by atoms with Crippen LogP contribution in [-0.2, 0) is 0 Å². The van der Waals surface area contributed by atoms with E-state index in [1.165, 1.54) is 10.4 Å². The first-order valence-corrected chi connectivity index (χ1v) is 8.22. The normalized spacial score (nSPS) is 14.9. The molecule has 1 unspecified atom stereocenters. The second kappa shape index (κ2) is 5.66. The van der Waals surface area contributed by atoms with Crippen molar-refractivity contribution in [3.63, 3.8) is 0 Å². The topological polar surface area (TPSA) is 30.5 Å². The van der Waals surface area contributed by atoms with Gasteiger partial charge in [0.1, 0.15) is 13.2 Å². The lowest BCUT2D eigenvalue weighted by Crippen LogP contribution is -2.16. The molecular weight excluding hydrogens is 338 g/mol. The summed E-state index contributed by atoms with van der Waals surface area (Å²) < 4.78 is 12.2. The monoisotopic (exact) mass is 353 g/mol. The van der Waals surface area contributed by atoms with Crippen molar-refractivity contribution in [3.8, 4) is 11.5 Å². The van der Waals surface area contributed by atoms with Gasteiger partial charge in [0, 0.05) is 21.5 Å². The molecule has 0 radical (unpaired) electrons. The average Bonchev–Trinajstić information content (AvgIpc) is 2.86. The first-order chi connectivity index (χ1) is 9.65. The summed E-state index contributed by atoms with van der Waals surface area (Å²) in [4.78, 5) is 1.35. The van der Waals surface area contributed by atoms with Crippen molar-refractivity contribution in [1.82, 2.24) is 0 Å². The Morgan fingerprint density at radius 1 is 1.25 bits per heavy atom. The van der Waals surface area contributed by atoms with Crippen molar-refractivity contribution in [2.24, 2.45) is 0 Å². The number of hydrogen-bond donors (Lipinski definition) is 1. The minimum Gasteiger partial charge on any atom is -0.486 e. The quantitative estimate of drug-likeness (QED) is 0.862. The summed E-state index contributed by atoms with van der Waals surface area (Å²) in [5.41, 5.74) is 2.35. The second-order valence-electron chi connectivity index (χ2n) is 4.81. The Balaban J connectivity index is 1.85. The third-order valence-corrected chi connectivity index (χ3v) is 5.16. The lowest BCUT2D eigenvalue weighted by Gasteiger charge is -2.22. The van der Waals surface area contributed by atoms with E-state index in [4.69, 9.17) is 9.47 Å². The Labute approximate surface area is 131 Å². The van der Waals surface area contributed by atoms with E-state index in [0.717, 1.165) is 21.7 Å². The van der Waals surface area contributed by atoms with E-state index in [2.05, 4.69) is 46.5 Å². The number of rotatable bonds is 3. The summed E-state index contributed by atoms with van der Waals surface area (Å²) in [5, 5.41) is 5.66. The zero-order valence-electron chi connectivity index (χ0n) is 11.4. The maximum absolute atomic E-state index is 5.63. The van der Waals surface area contributed by atoms with Crippen molar-refractivity contribution < 1.29 is 9.47 Å². The fourth-order valence-electron chi connectivity index (χ4n) is 2.30. The van der Waals surface area contributed by atoms with Crippen LogP contribution in [0.4, 0.5) is 5.69 Å². The lowest BCUT2D eigenvalue weighted by molar-refractivity contribution is 0.171. The maximum Gasteiger partial charge on any atom is 0.163 e. The SMILES string of the molecule is Cc1ccsc1C(C)Nc1cc2c(cc1Br)OCCO2. The van der Waals surface area contributed by atoms with Crippen LogP contribution in [-0.4, -0.2) is 13.2 Å². The molecule has 1 aliphatic rings. The number of anilines is 1. The van der Waals surface area contributed by atoms with E-state index in [-0.39, 0.29) is 6.04 Å². The number of hydrogen-bond acceptors (Lipinski definition) is 4. The molecule has 0 bridgehead atoms. The van der Waals surface area contributed by atoms with E-state index in [1.807, 2.05) is 12.1 Å². The molecule has 1 aromatic carbocycles. The van der Waals surface area contributed by atoms with Crippen molar-refractivity contribution in [3.05, 3.63) is 38.5 Å². The molecule has 1 atom stereocenters. The zero-order valence-corrected chi connectivity index (χ0v) is 13.8. The van der Waals surface area contributed by atoms with Crippen LogP contribution >= 0.6 is 27.3 Å². The van der Waals surface area contributed by atoms with Crippen molar-refractivity contribution in [1.29, 1.82) is 0 Å². The van der Waals surface area contributed by atoms with Gasteiger partial charge in [0.05, 0.1) is 11.7 Å². The summed E-state index contributed by atoms with van der Waals surface area (Å²) in [6.45, 7) is 5.52. The average molecular weight is 354 g/mol. The molecule has 3 rings (SSSR count). The van der Waals surface area contributed by atoms with E-state index >= 15 is 0 Å². The van der Waals surface area contributed by atoms with Crippen LogP contribution in [0.15, 0.2) is 28.1 Å². The maximum atomic E-state index is 5.63. The van der Waals surface area contributed by atoms with E-state index in [9.17, 15) is 0 Å². The smallest absolute Gasteiger partial charge is 0.163 e. The highest BCUT2D eigenvalue weighted by molar-refractivity contribution is 9.10. The Hall–Kier alpha value is -1.20. The Bertz CT molecular complexity index is 626. The zero-order chi connectivity index (χ0) is 14.1. The molecular formula is C15H16BrNO2S. The number of ether oxygens (including phenoxy) is 2. The highest BCUT2D eigenvalue weighted by atomic mass is 79.9. The van der Waals surface area contributed by atoms with Crippen LogP contribution in [0.5, 0.6) is 11.5 Å². The highest BCUT2D eigenvalue weighted by Crippen LogP contribution is 2.39. The molecule has 0 saturated heterocycles. The molecule has 2 aromatic rings. The van der Waals surface area contributed by atoms with Crippen LogP contribution in [0, 0.1) is 6.92 Å². The summed E-state index contributed by atoms with van der Waals surface area (Å²) >= 11 is 5.37. The fraction of sp³-hybridized carbons (Fsp3) is 0.333. The van der Waals surface area contributed by atoms with E-state index in [1.54, 1.807) is 11.3 Å². The number of halogens is 1. The predicted molar refractivity (Wildman–Crippen MR) is 86.2 cm³/mol. The molecule has 1 N–H and O–H groups in total.